The van der Waals surface area contributed by atoms with Gasteiger partial charge in [0.05, 0.1) is 23.8 Å². The summed E-state index contributed by atoms with van der Waals surface area (Å²) in [6.45, 7) is 1.90. The highest BCUT2D eigenvalue weighted by molar-refractivity contribution is 5.98. The summed E-state index contributed by atoms with van der Waals surface area (Å²) >= 11 is 0. The van der Waals surface area contributed by atoms with Gasteiger partial charge in [0.1, 0.15) is 36.0 Å². The molecule has 3 aliphatic rings. The largest absolute Gasteiger partial charge is 0.492 e. The fraction of sp³-hybridized carbons (Fsp3) is 0.342. The van der Waals surface area contributed by atoms with Crippen LogP contribution in [-0.2, 0) is 43.4 Å². The van der Waals surface area contributed by atoms with Gasteiger partial charge in [0, 0.05) is 25.8 Å². The molecule has 52 heavy (non-hydrogen) atoms. The van der Waals surface area contributed by atoms with Crippen molar-refractivity contribution in [1.82, 2.24) is 36.1 Å². The van der Waals surface area contributed by atoms with Gasteiger partial charge in [-0.25, -0.2) is 4.98 Å². The molecule has 2 bridgehead atoms. The van der Waals surface area contributed by atoms with Crippen LogP contribution in [0, 0.1) is 0 Å². The first kappa shape index (κ1) is 35.8. The monoisotopic (exact) mass is 707 g/mol. The van der Waals surface area contributed by atoms with Gasteiger partial charge >= 0.3 is 0 Å². The van der Waals surface area contributed by atoms with Crippen LogP contribution in [0.3, 0.4) is 0 Å². The maximum Gasteiger partial charge on any atom is 0.261 e. The average Bonchev–Trinajstić information content (AvgIpc) is 3.93. The first-order chi connectivity index (χ1) is 25.1. The Bertz CT molecular complexity index is 2010. The third-order valence-electron chi connectivity index (χ3n) is 9.20. The summed E-state index contributed by atoms with van der Waals surface area (Å²) in [7, 11) is 0. The highest BCUT2D eigenvalue weighted by Gasteiger charge is 2.51. The molecule has 7 rings (SSSR count). The zero-order chi connectivity index (χ0) is 36.7. The maximum atomic E-state index is 13.7. The zero-order valence-electron chi connectivity index (χ0n) is 28.7. The van der Waals surface area contributed by atoms with Crippen molar-refractivity contribution >= 4 is 40.4 Å². The van der Waals surface area contributed by atoms with E-state index < -0.39 is 47.3 Å². The van der Waals surface area contributed by atoms with Gasteiger partial charge in [-0.15, -0.1) is 0 Å². The Kier molecular flexibility index (Phi) is 10.9. The van der Waals surface area contributed by atoms with E-state index in [1.54, 1.807) is 48.5 Å². The molecule has 1 saturated carbocycles. The number of aryl methyl sites for hydroxylation is 1. The Morgan fingerprint density at radius 1 is 0.904 bits per heavy atom. The van der Waals surface area contributed by atoms with Crippen molar-refractivity contribution in [2.75, 3.05) is 13.2 Å². The summed E-state index contributed by atoms with van der Waals surface area (Å²) in [5.41, 5.74) is 0.681. The summed E-state index contributed by atoms with van der Waals surface area (Å²) < 4.78 is 7.15. The quantitative estimate of drug-likeness (QED) is 0.183. The number of fused-ring (bicyclic) bond motifs is 16. The molecule has 2 aliphatic heterocycles. The lowest BCUT2D eigenvalue weighted by atomic mass is 10.0. The second kappa shape index (κ2) is 15.9. The molecule has 1 aromatic heterocycles. The van der Waals surface area contributed by atoms with Crippen molar-refractivity contribution in [2.24, 2.45) is 0 Å². The third-order valence-corrected chi connectivity index (χ3v) is 9.20. The van der Waals surface area contributed by atoms with Gasteiger partial charge in [-0.05, 0) is 55.2 Å². The molecule has 14 nitrogen and oxygen atoms in total. The van der Waals surface area contributed by atoms with Gasteiger partial charge in [0.2, 0.25) is 29.5 Å². The predicted octanol–water partition coefficient (Wildman–Crippen LogP) is 0.904. The van der Waals surface area contributed by atoms with Crippen LogP contribution in [0.2, 0.25) is 0 Å². The molecule has 3 heterocycles. The number of amides is 5. The third kappa shape index (κ3) is 8.81. The highest BCUT2D eigenvalue weighted by Crippen LogP contribution is 2.35. The van der Waals surface area contributed by atoms with Crippen molar-refractivity contribution < 1.29 is 28.7 Å². The summed E-state index contributed by atoms with van der Waals surface area (Å²) in [6.07, 6.45) is 2.41. The summed E-state index contributed by atoms with van der Waals surface area (Å²) in [4.78, 5) is 84.4. The normalized spacial score (nSPS) is 20.9. The number of hydrogen-bond acceptors (Lipinski definition) is 8. The number of aromatic nitrogens is 2. The van der Waals surface area contributed by atoms with Crippen LogP contribution in [0.1, 0.15) is 37.3 Å². The van der Waals surface area contributed by atoms with Crippen molar-refractivity contribution in [1.29, 1.82) is 0 Å². The molecular formula is C38H41N7O7. The molecule has 0 saturated heterocycles. The van der Waals surface area contributed by atoms with E-state index in [2.05, 4.69) is 31.6 Å². The lowest BCUT2D eigenvalue weighted by molar-refractivity contribution is -0.134. The highest BCUT2D eigenvalue weighted by atomic mass is 16.5. The van der Waals surface area contributed by atoms with E-state index in [9.17, 15) is 28.8 Å². The molecule has 1 spiro atoms. The number of nitrogens with zero attached hydrogens (tertiary/aromatic N) is 2. The first-order valence-corrected chi connectivity index (χ1v) is 17.3. The minimum Gasteiger partial charge on any atom is -0.492 e. The van der Waals surface area contributed by atoms with E-state index >= 15 is 0 Å². The number of carbonyl (C=O) groups excluding carboxylic acids is 5. The maximum absolute atomic E-state index is 13.7. The van der Waals surface area contributed by atoms with Crippen LogP contribution in [0.4, 0.5) is 0 Å². The van der Waals surface area contributed by atoms with Crippen LogP contribution in [0.5, 0.6) is 5.75 Å². The van der Waals surface area contributed by atoms with Crippen molar-refractivity contribution in [3.8, 4) is 5.75 Å². The van der Waals surface area contributed by atoms with Crippen LogP contribution < -0.4 is 36.9 Å². The smallest absolute Gasteiger partial charge is 0.261 e. The van der Waals surface area contributed by atoms with E-state index in [-0.39, 0.29) is 50.4 Å². The Morgan fingerprint density at radius 3 is 2.38 bits per heavy atom. The van der Waals surface area contributed by atoms with Gasteiger partial charge in [-0.2, -0.15) is 0 Å². The van der Waals surface area contributed by atoms with Gasteiger partial charge in [-0.3, -0.25) is 33.3 Å². The van der Waals surface area contributed by atoms with Crippen LogP contribution >= 0.6 is 0 Å². The Hall–Kier alpha value is -6.05. The molecular weight excluding hydrogens is 666 g/mol. The molecule has 270 valence electrons. The van der Waals surface area contributed by atoms with E-state index in [0.717, 1.165) is 5.56 Å². The van der Waals surface area contributed by atoms with Gasteiger partial charge in [0.25, 0.3) is 5.56 Å². The molecule has 14 heteroatoms. The molecule has 1 fully saturated rings. The molecule has 5 amide bonds. The van der Waals surface area contributed by atoms with Crippen molar-refractivity contribution in [3.63, 3.8) is 0 Å². The van der Waals surface area contributed by atoms with E-state index in [4.69, 9.17) is 4.74 Å². The second-order valence-corrected chi connectivity index (χ2v) is 13.1. The van der Waals surface area contributed by atoms with Crippen LogP contribution in [0.15, 0.2) is 90.0 Å². The standard InChI is InChI=1S/C38H41N7O7/c1-24-33(47)43-31(21-25-7-3-2-4-8-25)35(49)44-38(16-17-38)37(51)39-18-20-52-27-13-11-26(12-14-27)22-30(34(48)41-24)42-32(46)15-19-45-23-40-29-10-6-5-9-28(29)36(45)50/h2-14,23-24,30-31H,15-22H2,1H3,(H,39,51)(H,41,48)(H,42,46)(H,43,47)(H,44,49)/t24-,30-,31+/m0/s1. The lowest BCUT2D eigenvalue weighted by Gasteiger charge is -2.25. The van der Waals surface area contributed by atoms with Crippen LogP contribution in [-0.4, -0.2) is 75.9 Å². The van der Waals surface area contributed by atoms with Crippen molar-refractivity contribution in [2.45, 2.75) is 69.2 Å². The number of carbonyl (C=O) groups is 5. The van der Waals surface area contributed by atoms with Gasteiger partial charge in [-0.1, -0.05) is 54.6 Å². The molecule has 5 N–H and O–H groups in total. The fourth-order valence-electron chi connectivity index (χ4n) is 6.02. The summed E-state index contributed by atoms with van der Waals surface area (Å²) in [5, 5.41) is 14.3. The van der Waals surface area contributed by atoms with E-state index in [1.165, 1.54) is 17.8 Å². The number of hydrogen-bond donors (Lipinski definition) is 5. The number of para-hydroxylation sites is 1. The number of ether oxygens (including phenoxy) is 1. The Labute approximate surface area is 299 Å². The molecule has 0 radical (unpaired) electrons. The molecule has 3 aromatic carbocycles. The predicted molar refractivity (Wildman–Crippen MR) is 191 cm³/mol. The van der Waals surface area contributed by atoms with Gasteiger partial charge < -0.3 is 31.3 Å². The first-order valence-electron chi connectivity index (χ1n) is 17.3. The number of rotatable bonds is 6. The molecule has 1 aliphatic carbocycles. The molecule has 3 atom stereocenters. The van der Waals surface area contributed by atoms with E-state index in [0.29, 0.717) is 35.1 Å². The topological polar surface area (TPSA) is 190 Å². The Balaban J connectivity index is 1.19. The fourth-order valence-corrected chi connectivity index (χ4v) is 6.02. The Morgan fingerprint density at radius 2 is 1.63 bits per heavy atom. The van der Waals surface area contributed by atoms with Gasteiger partial charge in [0.15, 0.2) is 0 Å². The summed E-state index contributed by atoms with van der Waals surface area (Å²) in [5.74, 6) is -2.04. The van der Waals surface area contributed by atoms with Crippen LogP contribution in [0.25, 0.3) is 10.9 Å². The number of nitrogens with one attached hydrogen (secondary N) is 5. The minimum atomic E-state index is -1.10. The lowest BCUT2D eigenvalue weighted by Crippen LogP contribution is -2.59. The summed E-state index contributed by atoms with van der Waals surface area (Å²) in [6, 6.07) is 19.8. The minimum absolute atomic E-state index is 0.0360. The second-order valence-electron chi connectivity index (χ2n) is 13.1. The SMILES string of the molecule is C[C@@H]1NC(=O)[C@@H](NC(=O)CCn2cnc3ccccc3c2=O)Cc2ccc(cc2)OCCNC(=O)C2(CC2)NC(=O)[C@@H](Cc2ccccc2)NC1=O. The van der Waals surface area contributed by atoms with E-state index in [1.807, 2.05) is 30.3 Å². The molecule has 4 aromatic rings. The zero-order valence-corrected chi connectivity index (χ0v) is 28.7. The van der Waals surface area contributed by atoms with Crippen molar-refractivity contribution in [3.05, 3.63) is 107 Å². The number of benzene rings is 3. The molecule has 0 unspecified atom stereocenters. The average molecular weight is 708 g/mol.